The molecule has 0 bridgehead atoms. The summed E-state index contributed by atoms with van der Waals surface area (Å²) in [5.74, 6) is -0.275. The molecule has 0 spiro atoms. The number of rotatable bonds is 5. The van der Waals surface area contributed by atoms with Crippen LogP contribution in [0.3, 0.4) is 0 Å². The van der Waals surface area contributed by atoms with Crippen LogP contribution in [0.5, 0.6) is 0 Å². The van der Waals surface area contributed by atoms with Crippen LogP contribution in [0, 0.1) is 13.8 Å². The van der Waals surface area contributed by atoms with Gasteiger partial charge in [-0.25, -0.2) is 0 Å². The van der Waals surface area contributed by atoms with Crippen LogP contribution in [0.1, 0.15) is 103 Å². The van der Waals surface area contributed by atoms with Crippen molar-refractivity contribution in [2.75, 3.05) is 0 Å². The van der Waals surface area contributed by atoms with Crippen molar-refractivity contribution in [3.63, 3.8) is 0 Å². The highest BCUT2D eigenvalue weighted by Crippen LogP contribution is 2.51. The van der Waals surface area contributed by atoms with E-state index in [9.17, 15) is 9.59 Å². The molecule has 182 valence electrons. The number of aryl methyl sites for hydroxylation is 2. The Balaban J connectivity index is 1.91. The van der Waals surface area contributed by atoms with Crippen molar-refractivity contribution >= 4 is 45.8 Å². The molecule has 4 heterocycles. The van der Waals surface area contributed by atoms with E-state index in [0.717, 1.165) is 26.6 Å². The summed E-state index contributed by atoms with van der Waals surface area (Å²) < 4.78 is 0. The van der Waals surface area contributed by atoms with Gasteiger partial charge >= 0.3 is 0 Å². The van der Waals surface area contributed by atoms with E-state index in [-0.39, 0.29) is 28.7 Å². The minimum absolute atomic E-state index is 0.116. The van der Waals surface area contributed by atoms with E-state index >= 15 is 0 Å². The van der Waals surface area contributed by atoms with Gasteiger partial charge in [-0.1, -0.05) is 41.5 Å². The average molecular weight is 514 g/mol. The Labute approximate surface area is 215 Å². The highest BCUT2D eigenvalue weighted by Gasteiger charge is 2.45. The highest BCUT2D eigenvalue weighted by molar-refractivity contribution is 7.27. The van der Waals surface area contributed by atoms with E-state index in [4.69, 9.17) is 0 Å². The van der Waals surface area contributed by atoms with Gasteiger partial charge in [0.2, 0.25) is 0 Å². The first-order valence-corrected chi connectivity index (χ1v) is 14.4. The van der Waals surface area contributed by atoms with Crippen molar-refractivity contribution in [1.82, 2.24) is 4.90 Å². The number of amides is 2. The quantitative estimate of drug-likeness (QED) is 0.320. The maximum Gasteiger partial charge on any atom is 0.263 e. The molecule has 0 aliphatic carbocycles. The second-order valence-corrected chi connectivity index (χ2v) is 14.4. The summed E-state index contributed by atoms with van der Waals surface area (Å²) in [6, 6.07) is 4.38. The standard InChI is InChI=1S/C28H35NO2S3/c1-11-28(9,10)24-20-19(25(30)29(14(2)3)26(20)31)22(34-24)21-15(4)12-17(32-21)18-13-16(5)23(33-18)27(6,7)8/h12-14H,11H2,1-10H3. The predicted molar refractivity (Wildman–Crippen MR) is 148 cm³/mol. The molecule has 2 amide bonds. The first-order chi connectivity index (χ1) is 15.7. The molecule has 3 nitrogen and oxygen atoms in total. The van der Waals surface area contributed by atoms with E-state index in [1.807, 2.05) is 25.2 Å². The van der Waals surface area contributed by atoms with E-state index in [2.05, 4.69) is 67.5 Å². The van der Waals surface area contributed by atoms with Crippen molar-refractivity contribution in [2.24, 2.45) is 0 Å². The van der Waals surface area contributed by atoms with Crippen LogP contribution in [0.25, 0.3) is 19.5 Å². The Hall–Kier alpha value is -1.76. The third kappa shape index (κ3) is 3.92. The van der Waals surface area contributed by atoms with E-state index in [1.165, 1.54) is 25.1 Å². The topological polar surface area (TPSA) is 37.4 Å². The fourth-order valence-corrected chi connectivity index (χ4v) is 8.75. The SMILES string of the molecule is CCC(C)(C)c1sc(-c2sc(-c3cc(C)c(C(C)(C)C)s3)cc2C)c2c1C(=O)N(C(C)C)C2=O. The van der Waals surface area contributed by atoms with Crippen molar-refractivity contribution < 1.29 is 9.59 Å². The summed E-state index contributed by atoms with van der Waals surface area (Å²) in [4.78, 5) is 35.4. The molecule has 0 unspecified atom stereocenters. The van der Waals surface area contributed by atoms with Crippen LogP contribution in [0.2, 0.25) is 0 Å². The maximum absolute atomic E-state index is 13.5. The number of thiophene rings is 3. The second kappa shape index (κ2) is 8.42. The Kier molecular flexibility index (Phi) is 6.28. The molecule has 1 aliphatic heterocycles. The molecule has 0 aromatic carbocycles. The van der Waals surface area contributed by atoms with Gasteiger partial charge in [-0.3, -0.25) is 14.5 Å². The summed E-state index contributed by atoms with van der Waals surface area (Å²) in [6.07, 6.45) is 0.904. The lowest BCUT2D eigenvalue weighted by Crippen LogP contribution is -2.36. The zero-order valence-electron chi connectivity index (χ0n) is 21.9. The summed E-state index contributed by atoms with van der Waals surface area (Å²) in [5.41, 5.74) is 3.70. The maximum atomic E-state index is 13.5. The number of carbonyl (C=O) groups excluding carboxylic acids is 2. The van der Waals surface area contributed by atoms with Gasteiger partial charge in [0.05, 0.1) is 16.0 Å². The van der Waals surface area contributed by atoms with Gasteiger partial charge in [0.1, 0.15) is 0 Å². The van der Waals surface area contributed by atoms with Crippen LogP contribution in [-0.4, -0.2) is 22.8 Å². The van der Waals surface area contributed by atoms with E-state index in [1.54, 1.807) is 22.7 Å². The molecule has 0 saturated carbocycles. The van der Waals surface area contributed by atoms with Crippen molar-refractivity contribution in [2.45, 2.75) is 92.5 Å². The fourth-order valence-electron chi connectivity index (χ4n) is 4.62. The molecule has 3 aromatic heterocycles. The molecule has 34 heavy (non-hydrogen) atoms. The molecule has 0 radical (unpaired) electrons. The van der Waals surface area contributed by atoms with Crippen LogP contribution in [0.15, 0.2) is 12.1 Å². The largest absolute Gasteiger partial charge is 0.272 e. The Bertz CT molecular complexity index is 1290. The van der Waals surface area contributed by atoms with Crippen LogP contribution in [0.4, 0.5) is 0 Å². The molecule has 0 N–H and O–H groups in total. The minimum atomic E-state index is -0.170. The molecule has 0 fully saturated rings. The number of hydrogen-bond acceptors (Lipinski definition) is 5. The molecule has 3 aromatic rings. The lowest BCUT2D eigenvalue weighted by Gasteiger charge is -2.24. The summed E-state index contributed by atoms with van der Waals surface area (Å²) >= 11 is 5.26. The van der Waals surface area contributed by atoms with E-state index < -0.39 is 0 Å². The summed E-state index contributed by atoms with van der Waals surface area (Å²) in [7, 11) is 0. The predicted octanol–water partition coefficient (Wildman–Crippen LogP) is 8.81. The number of imide groups is 1. The number of nitrogens with zero attached hydrogens (tertiary/aromatic N) is 1. The van der Waals surface area contributed by atoms with Crippen LogP contribution < -0.4 is 0 Å². The zero-order valence-corrected chi connectivity index (χ0v) is 24.4. The van der Waals surface area contributed by atoms with Crippen molar-refractivity contribution in [3.8, 4) is 19.5 Å². The third-order valence-electron chi connectivity index (χ3n) is 6.75. The fraction of sp³-hybridized carbons (Fsp3) is 0.500. The monoisotopic (exact) mass is 513 g/mol. The van der Waals surface area contributed by atoms with Gasteiger partial charge in [0, 0.05) is 30.4 Å². The molecular weight excluding hydrogens is 479 g/mol. The smallest absolute Gasteiger partial charge is 0.263 e. The molecule has 4 rings (SSSR count). The third-order valence-corrected chi connectivity index (χ3v) is 11.6. The van der Waals surface area contributed by atoms with Gasteiger partial charge in [-0.2, -0.15) is 0 Å². The Morgan fingerprint density at radius 2 is 1.35 bits per heavy atom. The minimum Gasteiger partial charge on any atom is -0.272 e. The normalized spacial score (nSPS) is 14.6. The molecule has 6 heteroatoms. The van der Waals surface area contributed by atoms with Gasteiger partial charge < -0.3 is 0 Å². The number of fused-ring (bicyclic) bond motifs is 1. The lowest BCUT2D eigenvalue weighted by atomic mass is 9.85. The molecule has 0 atom stereocenters. The summed E-state index contributed by atoms with van der Waals surface area (Å²) in [6.45, 7) is 21.4. The first kappa shape index (κ1) is 25.3. The molecular formula is C28H35NO2S3. The summed E-state index contributed by atoms with van der Waals surface area (Å²) in [5, 5.41) is 0. The van der Waals surface area contributed by atoms with Crippen LogP contribution >= 0.6 is 34.0 Å². The van der Waals surface area contributed by atoms with Gasteiger partial charge in [-0.05, 0) is 68.2 Å². The number of hydrogen-bond donors (Lipinski definition) is 0. The van der Waals surface area contributed by atoms with Crippen molar-refractivity contribution in [3.05, 3.63) is 44.1 Å². The molecule has 1 aliphatic rings. The Morgan fingerprint density at radius 1 is 0.794 bits per heavy atom. The van der Waals surface area contributed by atoms with E-state index in [0.29, 0.717) is 11.1 Å². The Morgan fingerprint density at radius 3 is 1.88 bits per heavy atom. The van der Waals surface area contributed by atoms with Gasteiger partial charge in [0.15, 0.2) is 0 Å². The van der Waals surface area contributed by atoms with Gasteiger partial charge in [-0.15, -0.1) is 34.0 Å². The lowest BCUT2D eigenvalue weighted by molar-refractivity contribution is 0.0608. The average Bonchev–Trinajstić information content (AvgIpc) is 3.45. The second-order valence-electron chi connectivity index (χ2n) is 11.3. The highest BCUT2D eigenvalue weighted by atomic mass is 32.1. The zero-order chi connectivity index (χ0) is 25.3. The van der Waals surface area contributed by atoms with Crippen molar-refractivity contribution in [1.29, 1.82) is 0 Å². The number of carbonyl (C=O) groups is 2. The first-order valence-electron chi connectivity index (χ1n) is 12.0. The molecule has 0 saturated heterocycles. The van der Waals surface area contributed by atoms with Gasteiger partial charge in [0.25, 0.3) is 11.8 Å². The van der Waals surface area contributed by atoms with Crippen LogP contribution in [-0.2, 0) is 10.8 Å².